The van der Waals surface area contributed by atoms with Crippen molar-refractivity contribution in [1.29, 1.82) is 0 Å². The maximum absolute atomic E-state index is 6.76. The largest absolute Gasteiger partial charge is 0.462 e. The van der Waals surface area contributed by atoms with E-state index >= 15 is 0 Å². The first kappa shape index (κ1) is 21.5. The molecule has 186 valence electrons. The maximum atomic E-state index is 6.76. The lowest BCUT2D eigenvalue weighted by Gasteiger charge is -2.32. The lowest BCUT2D eigenvalue weighted by atomic mass is 9.71. The summed E-state index contributed by atoms with van der Waals surface area (Å²) in [5.74, 6) is 2.89. The molecule has 0 saturated heterocycles. The van der Waals surface area contributed by atoms with Crippen molar-refractivity contribution in [1.82, 2.24) is 14.5 Å². The summed E-state index contributed by atoms with van der Waals surface area (Å²) in [4.78, 5) is 9.48. The van der Waals surface area contributed by atoms with Crippen molar-refractivity contribution in [3.05, 3.63) is 102 Å². The molecule has 3 aromatic carbocycles. The fourth-order valence-electron chi connectivity index (χ4n) is 6.29. The van der Waals surface area contributed by atoms with Crippen LogP contribution in [-0.2, 0) is 17.2 Å². The number of hydrogen-bond donors (Lipinski definition) is 0. The van der Waals surface area contributed by atoms with E-state index in [0.29, 0.717) is 29.0 Å². The van der Waals surface area contributed by atoms with Gasteiger partial charge in [-0.05, 0) is 17.2 Å². The molecule has 0 amide bonds. The molecule has 0 N–H and O–H groups in total. The summed E-state index contributed by atoms with van der Waals surface area (Å²) in [6, 6.07) is 22.7. The van der Waals surface area contributed by atoms with Crippen LogP contribution in [-0.4, -0.2) is 27.9 Å². The number of ether oxygens (including phenoxy) is 2. The lowest BCUT2D eigenvalue weighted by molar-refractivity contribution is -0.0704. The van der Waals surface area contributed by atoms with Crippen molar-refractivity contribution in [2.45, 2.75) is 18.6 Å². The van der Waals surface area contributed by atoms with Crippen LogP contribution in [0.4, 0.5) is 0 Å². The van der Waals surface area contributed by atoms with E-state index in [2.05, 4.69) is 59.3 Å². The molecule has 7 heteroatoms. The lowest BCUT2D eigenvalue weighted by Crippen LogP contribution is -2.41. The number of aryl methyl sites for hydroxylation is 2. The first-order valence-electron chi connectivity index (χ1n) is 12.5. The highest BCUT2D eigenvalue weighted by molar-refractivity contribution is 6.06. The molecule has 0 unspecified atom stereocenters. The highest BCUT2D eigenvalue weighted by Crippen LogP contribution is 2.57. The zero-order chi connectivity index (χ0) is 25.6. The molecule has 0 aliphatic carbocycles. The van der Waals surface area contributed by atoms with Gasteiger partial charge in [0, 0.05) is 54.9 Å². The zero-order valence-electron chi connectivity index (χ0n) is 21.1. The van der Waals surface area contributed by atoms with Crippen LogP contribution in [0, 0.1) is 6.92 Å². The molecule has 6 aromatic rings. The predicted octanol–water partition coefficient (Wildman–Crippen LogP) is 6.48. The molecule has 8 rings (SSSR count). The first-order valence-corrected chi connectivity index (χ1v) is 12.5. The monoisotopic (exact) mass is 501 g/mol. The number of methoxy groups -OCH3 is 1. The molecule has 0 spiro atoms. The van der Waals surface area contributed by atoms with Gasteiger partial charge < -0.3 is 22.9 Å². The van der Waals surface area contributed by atoms with Crippen molar-refractivity contribution in [2.75, 3.05) is 7.11 Å². The Morgan fingerprint density at radius 3 is 2.58 bits per heavy atom. The van der Waals surface area contributed by atoms with E-state index in [1.54, 1.807) is 13.3 Å². The zero-order valence-corrected chi connectivity index (χ0v) is 21.1. The van der Waals surface area contributed by atoms with E-state index < -0.39 is 11.7 Å². The fourth-order valence-corrected chi connectivity index (χ4v) is 6.29. The van der Waals surface area contributed by atoms with Gasteiger partial charge in [-0.15, -0.1) is 0 Å². The number of rotatable bonds is 2. The Morgan fingerprint density at radius 2 is 1.74 bits per heavy atom. The third-order valence-electron chi connectivity index (χ3n) is 7.83. The highest BCUT2D eigenvalue weighted by atomic mass is 16.7. The van der Waals surface area contributed by atoms with Crippen LogP contribution >= 0.6 is 0 Å². The third kappa shape index (κ3) is 2.56. The van der Waals surface area contributed by atoms with E-state index in [-0.39, 0.29) is 0 Å². The second-order valence-electron chi connectivity index (χ2n) is 9.84. The van der Waals surface area contributed by atoms with E-state index in [9.17, 15) is 0 Å². The molecule has 6 bridgehead atoms. The molecule has 0 radical (unpaired) electrons. The normalized spacial score (nSPS) is 19.1. The van der Waals surface area contributed by atoms with Crippen LogP contribution < -0.4 is 4.74 Å². The molecule has 7 nitrogen and oxygen atoms in total. The van der Waals surface area contributed by atoms with Crippen LogP contribution in [0.5, 0.6) is 5.75 Å². The Kier molecular flexibility index (Phi) is 4.21. The minimum absolute atomic E-state index is 0.386. The third-order valence-corrected chi connectivity index (χ3v) is 7.83. The Labute approximate surface area is 218 Å². The van der Waals surface area contributed by atoms with Gasteiger partial charge in [0.1, 0.15) is 11.2 Å². The van der Waals surface area contributed by atoms with Gasteiger partial charge in [-0.1, -0.05) is 60.7 Å². The van der Waals surface area contributed by atoms with Gasteiger partial charge in [-0.3, -0.25) is 0 Å². The SMILES string of the molecule is CO[C@H]1Oc2c3cccc2[C@]1(c1ccccc1)c1oc(C)nc1-c1ncc(o1)-c1cn(C)c2cccc-3c12. The summed E-state index contributed by atoms with van der Waals surface area (Å²) in [6.45, 7) is 1.83. The topological polar surface area (TPSA) is 75.5 Å². The van der Waals surface area contributed by atoms with Crippen molar-refractivity contribution < 1.29 is 18.3 Å². The Hall–Kier alpha value is -4.62. The summed E-state index contributed by atoms with van der Waals surface area (Å²) in [5.41, 5.74) is 5.52. The van der Waals surface area contributed by atoms with E-state index in [0.717, 1.165) is 44.5 Å². The van der Waals surface area contributed by atoms with Gasteiger partial charge in [0.15, 0.2) is 23.1 Å². The van der Waals surface area contributed by atoms with Crippen molar-refractivity contribution in [3.63, 3.8) is 0 Å². The van der Waals surface area contributed by atoms with Gasteiger partial charge in [0.25, 0.3) is 0 Å². The van der Waals surface area contributed by atoms with Gasteiger partial charge in [-0.25, -0.2) is 9.97 Å². The van der Waals surface area contributed by atoms with Crippen LogP contribution in [0.15, 0.2) is 88.0 Å². The van der Waals surface area contributed by atoms with Gasteiger partial charge >= 0.3 is 0 Å². The number of fused-ring (bicyclic) bond motifs is 7. The second kappa shape index (κ2) is 7.46. The maximum Gasteiger partial charge on any atom is 0.249 e. The molecule has 2 aliphatic heterocycles. The smallest absolute Gasteiger partial charge is 0.249 e. The summed E-state index contributed by atoms with van der Waals surface area (Å²) >= 11 is 0. The second-order valence-corrected chi connectivity index (χ2v) is 9.84. The number of oxazole rings is 2. The molecule has 38 heavy (non-hydrogen) atoms. The van der Waals surface area contributed by atoms with Crippen LogP contribution in [0.3, 0.4) is 0 Å². The quantitative estimate of drug-likeness (QED) is 0.270. The van der Waals surface area contributed by atoms with Crippen molar-refractivity contribution >= 4 is 10.9 Å². The molecule has 2 atom stereocenters. The first-order chi connectivity index (χ1) is 18.6. The summed E-state index contributed by atoms with van der Waals surface area (Å²) in [5, 5.41) is 1.07. The number of nitrogens with zero attached hydrogens (tertiary/aromatic N) is 3. The van der Waals surface area contributed by atoms with Gasteiger partial charge in [0.2, 0.25) is 12.2 Å². The van der Waals surface area contributed by atoms with E-state index in [1.165, 1.54) is 0 Å². The van der Waals surface area contributed by atoms with Crippen molar-refractivity contribution in [3.8, 4) is 39.8 Å². The van der Waals surface area contributed by atoms with Crippen LogP contribution in [0.25, 0.3) is 44.9 Å². The number of aromatic nitrogens is 3. The number of para-hydroxylation sites is 1. The molecular formula is C31H23N3O4. The van der Waals surface area contributed by atoms with Crippen molar-refractivity contribution in [2.24, 2.45) is 7.05 Å². The molecule has 2 aliphatic rings. The summed E-state index contributed by atoms with van der Waals surface area (Å²) in [6.07, 6.45) is 3.12. The van der Waals surface area contributed by atoms with Gasteiger partial charge in [-0.2, -0.15) is 0 Å². The van der Waals surface area contributed by atoms with E-state index in [4.69, 9.17) is 28.3 Å². The minimum Gasteiger partial charge on any atom is -0.462 e. The summed E-state index contributed by atoms with van der Waals surface area (Å²) < 4.78 is 27.9. The van der Waals surface area contributed by atoms with Crippen LogP contribution in [0.2, 0.25) is 0 Å². The minimum atomic E-state index is -0.959. The Morgan fingerprint density at radius 1 is 0.921 bits per heavy atom. The Balaban J connectivity index is 1.61. The molecule has 0 fully saturated rings. The molecule has 5 heterocycles. The van der Waals surface area contributed by atoms with E-state index in [1.807, 2.05) is 32.2 Å². The average molecular weight is 502 g/mol. The molecule has 3 aromatic heterocycles. The number of hydrogen-bond acceptors (Lipinski definition) is 6. The standard InChI is InChI=1S/C31H23N3O4/c1-17-33-26-28(36-17)31(18-9-5-4-6-10-18)22-13-7-12-20(27(22)38-30(31)35-3)19-11-8-14-23-25(19)21(16-34(23)2)24-15-32-29(26)37-24/h4-16,30H,1-3H3/t30-,31+/m0/s1. The number of benzene rings is 3. The Bertz CT molecular complexity index is 1880. The molecular weight excluding hydrogens is 478 g/mol. The van der Waals surface area contributed by atoms with Gasteiger partial charge in [0.05, 0.1) is 6.20 Å². The fraction of sp³-hybridized carbons (Fsp3) is 0.161. The summed E-state index contributed by atoms with van der Waals surface area (Å²) in [7, 11) is 3.70. The average Bonchev–Trinajstić information content (AvgIpc) is 3.71. The predicted molar refractivity (Wildman–Crippen MR) is 142 cm³/mol. The molecule has 0 saturated carbocycles. The van der Waals surface area contributed by atoms with Crippen LogP contribution in [0.1, 0.15) is 22.8 Å². The highest BCUT2D eigenvalue weighted by Gasteiger charge is 2.57.